The van der Waals surface area contributed by atoms with Gasteiger partial charge in [-0.2, -0.15) is 0 Å². The molecule has 2 fully saturated rings. The van der Waals surface area contributed by atoms with Crippen LogP contribution in [-0.2, 0) is 23.1 Å². The highest BCUT2D eigenvalue weighted by Crippen LogP contribution is 2.52. The van der Waals surface area contributed by atoms with Crippen LogP contribution in [0.4, 0.5) is 0 Å². The third-order valence-electron chi connectivity index (χ3n) is 8.20. The fourth-order valence-electron chi connectivity index (χ4n) is 5.66. The first-order valence-electron chi connectivity index (χ1n) is 16.0. The van der Waals surface area contributed by atoms with Crippen LogP contribution in [-0.4, -0.2) is 62.6 Å². The minimum absolute atomic E-state index is 0.0422. The van der Waals surface area contributed by atoms with E-state index in [-0.39, 0.29) is 29.9 Å². The van der Waals surface area contributed by atoms with Crippen LogP contribution >= 0.6 is 7.82 Å². The van der Waals surface area contributed by atoms with E-state index in [0.29, 0.717) is 0 Å². The van der Waals surface area contributed by atoms with E-state index in [2.05, 4.69) is 30.0 Å². The molecule has 6 rings (SSSR count). The quantitative estimate of drug-likeness (QED) is 0.0466. The monoisotopic (exact) mass is 764 g/mol. The van der Waals surface area contributed by atoms with Crippen molar-refractivity contribution in [3.8, 4) is 11.5 Å². The lowest BCUT2D eigenvalue weighted by atomic mass is 10.1. The molecule has 4 aromatic rings. The number of hydrogen-bond donors (Lipinski definition) is 2. The van der Waals surface area contributed by atoms with E-state index < -0.39 is 86.3 Å². The van der Waals surface area contributed by atoms with Crippen molar-refractivity contribution >= 4 is 13.8 Å². The average Bonchev–Trinajstić information content (AvgIpc) is 3.74. The van der Waals surface area contributed by atoms with E-state index in [1.165, 1.54) is 36.7 Å². The third-order valence-corrected chi connectivity index (χ3v) is 9.55. The van der Waals surface area contributed by atoms with Crippen LogP contribution in [0.15, 0.2) is 109 Å². The molecule has 2 aliphatic rings. The summed E-state index contributed by atoms with van der Waals surface area (Å²) in [7, 11) is -4.87. The Bertz CT molecular complexity index is 2270. The maximum Gasteiger partial charge on any atom is 0.530 e. The number of hydrogen-bond acceptors (Lipinski definition) is 14. The topological polar surface area (TPSA) is 297 Å². The number of H-pyrrole nitrogens is 2. The number of nitrogens with one attached hydrogen (secondary N) is 2. The fourth-order valence-corrected chi connectivity index (χ4v) is 6.90. The van der Waals surface area contributed by atoms with Crippen LogP contribution < -0.4 is 31.8 Å². The summed E-state index contributed by atoms with van der Waals surface area (Å²) >= 11 is 0. The van der Waals surface area contributed by atoms with E-state index in [1.807, 2.05) is 0 Å². The molecule has 0 radical (unpaired) electrons. The van der Waals surface area contributed by atoms with Gasteiger partial charge >= 0.3 is 25.2 Å². The molecule has 2 N–H and O–H groups in total. The first-order valence-corrected chi connectivity index (χ1v) is 17.5. The minimum Gasteiger partial charge on any atom is -0.423 e. The number of ether oxygens (including phenoxy) is 3. The lowest BCUT2D eigenvalue weighted by molar-refractivity contribution is -0.0392. The normalized spacial score (nSPS) is 23.0. The van der Waals surface area contributed by atoms with Gasteiger partial charge < -0.3 is 18.7 Å². The highest BCUT2D eigenvalue weighted by Gasteiger charge is 2.42. The van der Waals surface area contributed by atoms with Crippen molar-refractivity contribution in [1.82, 2.24) is 19.1 Å². The Morgan fingerprint density at radius 3 is 1.78 bits per heavy atom. The van der Waals surface area contributed by atoms with Gasteiger partial charge in [0.1, 0.15) is 29.5 Å². The van der Waals surface area contributed by atoms with E-state index in [1.54, 1.807) is 30.3 Å². The molecule has 0 aliphatic carbocycles. The highest BCUT2D eigenvalue weighted by molar-refractivity contribution is 7.48. The number of benzene rings is 2. The van der Waals surface area contributed by atoms with E-state index in [4.69, 9.17) is 27.8 Å². The molecule has 23 heteroatoms. The number of carbonyl (C=O) groups is 1. The number of nitrogens with zero attached hydrogens (tertiary/aromatic N) is 8. The van der Waals surface area contributed by atoms with Crippen molar-refractivity contribution in [2.24, 2.45) is 10.2 Å². The number of phosphoric ester groups is 1. The number of azide groups is 2. The molecule has 2 aliphatic heterocycles. The van der Waals surface area contributed by atoms with Crippen LogP contribution in [0, 0.1) is 0 Å². The molecule has 2 saturated heterocycles. The second-order valence-electron chi connectivity index (χ2n) is 11.6. The molecule has 2 aromatic carbocycles. The molecule has 2 aromatic heterocycles. The van der Waals surface area contributed by atoms with Gasteiger partial charge in [0.05, 0.1) is 37.5 Å². The molecular weight excluding hydrogens is 735 g/mol. The first-order chi connectivity index (χ1) is 26.1. The lowest BCUT2D eigenvalue weighted by Gasteiger charge is -2.24. The molecule has 0 amide bonds. The number of esters is 1. The van der Waals surface area contributed by atoms with Gasteiger partial charge in [-0.05, 0) is 35.3 Å². The molecule has 0 bridgehead atoms. The first kappa shape index (κ1) is 37.5. The smallest absolute Gasteiger partial charge is 0.423 e. The van der Waals surface area contributed by atoms with Gasteiger partial charge in [-0.1, -0.05) is 40.6 Å². The average molecular weight is 765 g/mol. The number of rotatable bonds is 14. The van der Waals surface area contributed by atoms with Crippen molar-refractivity contribution in [2.75, 3.05) is 13.2 Å². The lowest BCUT2D eigenvalue weighted by Crippen LogP contribution is -2.32. The molecule has 280 valence electrons. The van der Waals surface area contributed by atoms with Crippen molar-refractivity contribution in [2.45, 2.75) is 49.6 Å². The van der Waals surface area contributed by atoms with Gasteiger partial charge in [-0.15, -0.1) is 0 Å². The van der Waals surface area contributed by atoms with Crippen molar-refractivity contribution < 1.29 is 37.1 Å². The Balaban J connectivity index is 1.26. The zero-order chi connectivity index (χ0) is 38.2. The van der Waals surface area contributed by atoms with E-state index >= 15 is 0 Å². The highest BCUT2D eigenvalue weighted by atomic mass is 31.2. The van der Waals surface area contributed by atoms with Crippen molar-refractivity contribution in [3.05, 3.63) is 147 Å². The number of para-hydroxylation sites is 2. The Hall–Kier alpha value is -6.24. The van der Waals surface area contributed by atoms with Crippen LogP contribution in [0.3, 0.4) is 0 Å². The summed E-state index contributed by atoms with van der Waals surface area (Å²) in [6.07, 6.45) is -2.03. The molecule has 4 heterocycles. The van der Waals surface area contributed by atoms with Gasteiger partial charge in [0.25, 0.3) is 11.1 Å². The number of aromatic amines is 2. The Morgan fingerprint density at radius 2 is 1.28 bits per heavy atom. The van der Waals surface area contributed by atoms with E-state index in [0.717, 1.165) is 21.3 Å². The van der Waals surface area contributed by atoms with Gasteiger partial charge in [-0.25, -0.2) is 18.9 Å². The summed E-state index contributed by atoms with van der Waals surface area (Å²) in [5.74, 6) is -0.947. The van der Waals surface area contributed by atoms with Crippen LogP contribution in [0.1, 0.15) is 35.7 Å². The number of phosphoric acid groups is 1. The molecule has 0 spiro atoms. The summed E-state index contributed by atoms with van der Waals surface area (Å²) in [4.78, 5) is 71.2. The fraction of sp³-hybridized carbons (Fsp3) is 0.323. The zero-order valence-electron chi connectivity index (χ0n) is 27.7. The summed E-state index contributed by atoms with van der Waals surface area (Å²) in [6.45, 7) is -1.24. The van der Waals surface area contributed by atoms with Crippen LogP contribution in [0.25, 0.3) is 20.9 Å². The second-order valence-corrected chi connectivity index (χ2v) is 13.2. The standard InChI is InChI=1S/C31H29N10O12P/c32-38-36-20-14-27(40-12-10-25(42)34-30(40)45)51-23(20)16-48-54(47,53-22-9-5-4-8-19(22)29(44)50-18-6-2-1-3-7-18)49-17-24-21(37-39-33)15-28(52-24)41-13-11-26(43)35-31(41)46/h1-13,20-21,23-24,27-28H,14-17H2,(H,34,42,45)(H,35,43,46)/t20-,21-,23+,24+,27+,28+/m0/s1. The maximum atomic E-state index is 14.5. The molecular formula is C31H29N10O12P. The zero-order valence-corrected chi connectivity index (χ0v) is 28.6. The maximum absolute atomic E-state index is 14.5. The Morgan fingerprint density at radius 1 is 0.778 bits per heavy atom. The number of aromatic nitrogens is 4. The largest absolute Gasteiger partial charge is 0.530 e. The summed E-state index contributed by atoms with van der Waals surface area (Å²) in [5.41, 5.74) is 15.4. The molecule has 54 heavy (non-hydrogen) atoms. The van der Waals surface area contributed by atoms with Crippen molar-refractivity contribution in [1.29, 1.82) is 0 Å². The second kappa shape index (κ2) is 16.6. The predicted octanol–water partition coefficient (Wildman–Crippen LogP) is 3.46. The summed E-state index contributed by atoms with van der Waals surface area (Å²) in [6, 6.07) is 14.0. The molecule has 6 atom stereocenters. The molecule has 0 unspecified atom stereocenters. The van der Waals surface area contributed by atoms with Crippen LogP contribution in [0.5, 0.6) is 11.5 Å². The van der Waals surface area contributed by atoms with Crippen LogP contribution in [0.2, 0.25) is 0 Å². The summed E-state index contributed by atoms with van der Waals surface area (Å²) in [5, 5.41) is 7.44. The van der Waals surface area contributed by atoms with Gasteiger partial charge in [0.2, 0.25) is 0 Å². The third kappa shape index (κ3) is 8.85. The Kier molecular flexibility index (Phi) is 11.5. The van der Waals surface area contributed by atoms with E-state index in [9.17, 15) is 39.6 Å². The van der Waals surface area contributed by atoms with Gasteiger partial charge in [0.15, 0.2) is 0 Å². The number of carbonyl (C=O) groups excluding carboxylic acids is 1. The SMILES string of the molecule is [N-]=[N+]=N[C@H]1C[C@H](n2ccc(=O)[nH]c2=O)O[C@@H]1COP(=O)(OC[C@H]1O[C@@H](n2ccc(=O)[nH]c2=O)C[C@@H]1N=[N+]=[N-])Oc1ccccc1C(=O)Oc1ccccc1. The molecule has 0 saturated carbocycles. The summed E-state index contributed by atoms with van der Waals surface area (Å²) < 4.78 is 51.2. The van der Waals surface area contributed by atoms with Gasteiger partial charge in [-0.3, -0.25) is 37.7 Å². The predicted molar refractivity (Wildman–Crippen MR) is 184 cm³/mol. The minimum atomic E-state index is -4.87. The van der Waals surface area contributed by atoms with Crippen molar-refractivity contribution in [3.63, 3.8) is 0 Å². The Labute approximate surface area is 301 Å². The molecule has 22 nitrogen and oxygen atoms in total. The van der Waals surface area contributed by atoms with Gasteiger partial charge in [0, 0.05) is 47.2 Å².